The van der Waals surface area contributed by atoms with E-state index in [1.165, 1.54) is 16.8 Å². The number of hydrogen-bond donors (Lipinski definition) is 1. The van der Waals surface area contributed by atoms with E-state index in [9.17, 15) is 0 Å². The van der Waals surface area contributed by atoms with Crippen molar-refractivity contribution in [2.24, 2.45) is 7.05 Å². The Bertz CT molecular complexity index is 575. The zero-order chi connectivity index (χ0) is 14.0. The highest BCUT2D eigenvalue weighted by atomic mass is 35.5. The molecule has 0 bridgehead atoms. The summed E-state index contributed by atoms with van der Waals surface area (Å²) >= 11 is 6.31. The molecule has 1 aromatic heterocycles. The van der Waals surface area contributed by atoms with Gasteiger partial charge in [0.2, 0.25) is 0 Å². The first-order chi connectivity index (χ1) is 9.02. The Kier molecular flexibility index (Phi) is 4.27. The number of nitrogens with one attached hydrogen (secondary N) is 1. The van der Waals surface area contributed by atoms with Gasteiger partial charge in [-0.15, -0.1) is 0 Å². The molecule has 0 aliphatic rings. The quantitative estimate of drug-likeness (QED) is 0.930. The van der Waals surface area contributed by atoms with Crippen LogP contribution in [-0.2, 0) is 13.5 Å². The molecule has 2 rings (SSSR count). The largest absolute Gasteiger partial charge is 0.313 e. The molecule has 1 atom stereocenters. The van der Waals surface area contributed by atoms with E-state index in [-0.39, 0.29) is 6.04 Å². The Morgan fingerprint density at radius 1 is 1.37 bits per heavy atom. The molecule has 0 amide bonds. The molecule has 3 nitrogen and oxygen atoms in total. The van der Waals surface area contributed by atoms with Gasteiger partial charge in [0.25, 0.3) is 0 Å². The van der Waals surface area contributed by atoms with Crippen LogP contribution in [0.15, 0.2) is 24.4 Å². The van der Waals surface area contributed by atoms with Crippen molar-refractivity contribution in [3.05, 3.63) is 51.8 Å². The van der Waals surface area contributed by atoms with Gasteiger partial charge >= 0.3 is 0 Å². The number of hydrogen-bond acceptors (Lipinski definition) is 2. The van der Waals surface area contributed by atoms with E-state index in [4.69, 9.17) is 11.6 Å². The maximum absolute atomic E-state index is 6.31. The fourth-order valence-electron chi connectivity index (χ4n) is 2.26. The summed E-state index contributed by atoms with van der Waals surface area (Å²) in [6.45, 7) is 4.14. The average molecular weight is 278 g/mol. The zero-order valence-corrected chi connectivity index (χ0v) is 12.6. The molecule has 1 N–H and O–H groups in total. The number of rotatable bonds is 4. The highest BCUT2D eigenvalue weighted by Gasteiger charge is 2.16. The summed E-state index contributed by atoms with van der Waals surface area (Å²) < 4.78 is 1.90. The van der Waals surface area contributed by atoms with Gasteiger partial charge in [-0.05, 0) is 44.5 Å². The molecule has 1 aromatic carbocycles. The lowest BCUT2D eigenvalue weighted by Crippen LogP contribution is -2.19. The Hall–Kier alpha value is -1.32. The van der Waals surface area contributed by atoms with Crippen LogP contribution < -0.4 is 5.32 Å². The molecule has 1 heterocycles. The molecule has 0 fully saturated rings. The van der Waals surface area contributed by atoms with Crippen molar-refractivity contribution in [3.8, 4) is 0 Å². The molecule has 2 aromatic rings. The second-order valence-electron chi connectivity index (χ2n) is 4.95. The van der Waals surface area contributed by atoms with Crippen LogP contribution in [0.5, 0.6) is 0 Å². The molecular formula is C15H20ClN3. The van der Waals surface area contributed by atoms with Crippen LogP contribution in [0.3, 0.4) is 0 Å². The van der Waals surface area contributed by atoms with E-state index < -0.39 is 0 Å². The second kappa shape index (κ2) is 5.76. The fraction of sp³-hybridized carbons (Fsp3) is 0.400. The highest BCUT2D eigenvalue weighted by Crippen LogP contribution is 2.25. The Morgan fingerprint density at radius 2 is 2.11 bits per heavy atom. The maximum Gasteiger partial charge on any atom is 0.0540 e. The van der Waals surface area contributed by atoms with Gasteiger partial charge in [-0.3, -0.25) is 4.68 Å². The Labute approximate surface area is 119 Å². The molecule has 102 valence electrons. The zero-order valence-electron chi connectivity index (χ0n) is 11.9. The number of aromatic nitrogens is 2. The maximum atomic E-state index is 6.31. The summed E-state index contributed by atoms with van der Waals surface area (Å²) in [4.78, 5) is 0. The smallest absolute Gasteiger partial charge is 0.0540 e. The highest BCUT2D eigenvalue weighted by molar-refractivity contribution is 6.31. The number of halogens is 1. The average Bonchev–Trinajstić information content (AvgIpc) is 2.70. The molecule has 0 aliphatic carbocycles. The standard InChI is InChI=1S/C15H20ClN3/c1-10-5-6-12(14(16)7-10)8-15(17-3)13-9-18-19(4)11(13)2/h5-7,9,15,17H,8H2,1-4H3. The minimum Gasteiger partial charge on any atom is -0.313 e. The first kappa shape index (κ1) is 14.1. The third-order valence-corrected chi connectivity index (χ3v) is 3.98. The van der Waals surface area contributed by atoms with E-state index in [2.05, 4.69) is 36.4 Å². The van der Waals surface area contributed by atoms with E-state index in [1.807, 2.05) is 31.0 Å². The Balaban J connectivity index is 2.26. The summed E-state index contributed by atoms with van der Waals surface area (Å²) in [5.74, 6) is 0. The molecule has 0 aliphatic heterocycles. The van der Waals surface area contributed by atoms with Crippen LogP contribution in [0, 0.1) is 13.8 Å². The van der Waals surface area contributed by atoms with E-state index in [1.54, 1.807) is 0 Å². The minimum atomic E-state index is 0.230. The van der Waals surface area contributed by atoms with Crippen molar-refractivity contribution >= 4 is 11.6 Å². The van der Waals surface area contributed by atoms with Gasteiger partial charge < -0.3 is 5.32 Å². The van der Waals surface area contributed by atoms with E-state index in [0.29, 0.717) is 0 Å². The Morgan fingerprint density at radius 3 is 2.63 bits per heavy atom. The van der Waals surface area contributed by atoms with Crippen LogP contribution >= 0.6 is 11.6 Å². The van der Waals surface area contributed by atoms with Crippen LogP contribution in [0.1, 0.15) is 28.4 Å². The minimum absolute atomic E-state index is 0.230. The normalized spacial score (nSPS) is 12.7. The van der Waals surface area contributed by atoms with Gasteiger partial charge in [0.05, 0.1) is 6.20 Å². The lowest BCUT2D eigenvalue weighted by Gasteiger charge is -2.17. The van der Waals surface area contributed by atoms with Gasteiger partial charge in [0.15, 0.2) is 0 Å². The summed E-state index contributed by atoms with van der Waals surface area (Å²) in [5.41, 5.74) is 4.76. The predicted molar refractivity (Wildman–Crippen MR) is 79.6 cm³/mol. The third kappa shape index (κ3) is 2.99. The fourth-order valence-corrected chi connectivity index (χ4v) is 2.58. The van der Waals surface area contributed by atoms with E-state index in [0.717, 1.165) is 17.0 Å². The van der Waals surface area contributed by atoms with Crippen molar-refractivity contribution in [1.82, 2.24) is 15.1 Å². The lowest BCUT2D eigenvalue weighted by molar-refractivity contribution is 0.586. The molecule has 0 spiro atoms. The summed E-state index contributed by atoms with van der Waals surface area (Å²) in [5, 5.41) is 8.49. The summed E-state index contributed by atoms with van der Waals surface area (Å²) in [6.07, 6.45) is 2.79. The topological polar surface area (TPSA) is 29.9 Å². The van der Waals surface area contributed by atoms with Crippen LogP contribution in [-0.4, -0.2) is 16.8 Å². The molecule has 1 unspecified atom stereocenters. The van der Waals surface area contributed by atoms with Crippen molar-refractivity contribution < 1.29 is 0 Å². The molecular weight excluding hydrogens is 258 g/mol. The number of benzene rings is 1. The molecule has 4 heteroatoms. The molecule has 0 saturated heterocycles. The monoisotopic (exact) mass is 277 g/mol. The SMILES string of the molecule is CNC(Cc1ccc(C)cc1Cl)c1cnn(C)c1C. The lowest BCUT2D eigenvalue weighted by atomic mass is 9.99. The third-order valence-electron chi connectivity index (χ3n) is 3.63. The van der Waals surface area contributed by atoms with Crippen molar-refractivity contribution in [2.45, 2.75) is 26.3 Å². The van der Waals surface area contributed by atoms with Gasteiger partial charge in [-0.25, -0.2) is 0 Å². The summed E-state index contributed by atoms with van der Waals surface area (Å²) in [7, 11) is 3.93. The van der Waals surface area contributed by atoms with Gasteiger partial charge in [0.1, 0.15) is 0 Å². The van der Waals surface area contributed by atoms with Crippen molar-refractivity contribution in [1.29, 1.82) is 0 Å². The first-order valence-corrected chi connectivity index (χ1v) is 6.81. The van der Waals surface area contributed by atoms with Crippen molar-refractivity contribution in [2.75, 3.05) is 7.05 Å². The van der Waals surface area contributed by atoms with Gasteiger partial charge in [-0.1, -0.05) is 23.7 Å². The summed E-state index contributed by atoms with van der Waals surface area (Å²) in [6, 6.07) is 6.45. The molecule has 19 heavy (non-hydrogen) atoms. The molecule has 0 saturated carbocycles. The number of nitrogens with zero attached hydrogens (tertiary/aromatic N) is 2. The van der Waals surface area contributed by atoms with Crippen LogP contribution in [0.2, 0.25) is 5.02 Å². The van der Waals surface area contributed by atoms with Crippen molar-refractivity contribution in [3.63, 3.8) is 0 Å². The van der Waals surface area contributed by atoms with Gasteiger partial charge in [0, 0.05) is 29.4 Å². The van der Waals surface area contributed by atoms with E-state index >= 15 is 0 Å². The van der Waals surface area contributed by atoms with Gasteiger partial charge in [-0.2, -0.15) is 5.10 Å². The van der Waals surface area contributed by atoms with Crippen LogP contribution in [0.25, 0.3) is 0 Å². The number of aryl methyl sites for hydroxylation is 2. The first-order valence-electron chi connectivity index (χ1n) is 6.43. The molecule has 0 radical (unpaired) electrons. The predicted octanol–water partition coefficient (Wildman–Crippen LogP) is 3.19. The second-order valence-corrected chi connectivity index (χ2v) is 5.36. The van der Waals surface area contributed by atoms with Crippen LogP contribution in [0.4, 0.5) is 0 Å². The number of likely N-dealkylation sites (N-methyl/N-ethyl adjacent to an activating group) is 1.